The summed E-state index contributed by atoms with van der Waals surface area (Å²) in [4.78, 5) is 16.6. The molecule has 3 rings (SSSR count). The quantitative estimate of drug-likeness (QED) is 0.538. The molecule has 0 atom stereocenters. The fraction of sp³-hybridized carbons (Fsp3) is 0.238. The Balaban J connectivity index is 1.93. The molecular formula is C21H21NO6. The Morgan fingerprint density at radius 1 is 0.929 bits per heavy atom. The van der Waals surface area contributed by atoms with Gasteiger partial charge in [0.15, 0.2) is 28.7 Å². The first-order chi connectivity index (χ1) is 13.6. The Hall–Kier alpha value is -3.48. The lowest BCUT2D eigenvalue weighted by molar-refractivity contribution is -0.129. The van der Waals surface area contributed by atoms with E-state index < -0.39 is 5.97 Å². The van der Waals surface area contributed by atoms with Crippen LogP contribution in [0.25, 0.3) is 6.08 Å². The second kappa shape index (κ2) is 8.47. The van der Waals surface area contributed by atoms with Crippen LogP contribution in [-0.2, 0) is 9.53 Å². The van der Waals surface area contributed by atoms with Crippen LogP contribution < -0.4 is 18.9 Å². The summed E-state index contributed by atoms with van der Waals surface area (Å²) in [5.74, 6) is 1.98. The van der Waals surface area contributed by atoms with Gasteiger partial charge in [0.05, 0.1) is 27.9 Å². The fourth-order valence-corrected chi connectivity index (χ4v) is 2.71. The Bertz CT molecular complexity index is 948. The SMILES string of the molecule is CCOc1cc(/C=C2\N=C(c3ccc(OC)c(OC)c3)OC2=O)ccc1OC. The molecule has 146 valence electrons. The Morgan fingerprint density at radius 3 is 2.29 bits per heavy atom. The molecule has 0 unspecified atom stereocenters. The summed E-state index contributed by atoms with van der Waals surface area (Å²) in [6.07, 6.45) is 1.64. The number of methoxy groups -OCH3 is 3. The Kier molecular flexibility index (Phi) is 5.84. The lowest BCUT2D eigenvalue weighted by atomic mass is 10.1. The Labute approximate surface area is 163 Å². The highest BCUT2D eigenvalue weighted by Crippen LogP contribution is 2.31. The first-order valence-electron chi connectivity index (χ1n) is 8.65. The minimum Gasteiger partial charge on any atom is -0.493 e. The number of rotatable bonds is 7. The van der Waals surface area contributed by atoms with Gasteiger partial charge >= 0.3 is 5.97 Å². The van der Waals surface area contributed by atoms with Crippen molar-refractivity contribution in [1.82, 2.24) is 0 Å². The smallest absolute Gasteiger partial charge is 0.363 e. The number of nitrogens with zero attached hydrogens (tertiary/aromatic N) is 1. The molecule has 0 N–H and O–H groups in total. The second-order valence-electron chi connectivity index (χ2n) is 5.75. The van der Waals surface area contributed by atoms with Crippen LogP contribution in [0.4, 0.5) is 0 Å². The van der Waals surface area contributed by atoms with Crippen LogP contribution in [0.2, 0.25) is 0 Å². The summed E-state index contributed by atoms with van der Waals surface area (Å²) >= 11 is 0. The summed E-state index contributed by atoms with van der Waals surface area (Å²) in [6.45, 7) is 2.39. The normalized spacial score (nSPS) is 14.5. The minimum atomic E-state index is -0.529. The molecule has 0 fully saturated rings. The summed E-state index contributed by atoms with van der Waals surface area (Å²) in [5.41, 5.74) is 1.55. The molecule has 0 saturated carbocycles. The van der Waals surface area contributed by atoms with E-state index in [-0.39, 0.29) is 11.6 Å². The van der Waals surface area contributed by atoms with Crippen molar-refractivity contribution >= 4 is 17.9 Å². The molecule has 1 aliphatic rings. The maximum Gasteiger partial charge on any atom is 0.363 e. The molecular weight excluding hydrogens is 362 g/mol. The average molecular weight is 383 g/mol. The van der Waals surface area contributed by atoms with Crippen molar-refractivity contribution in [1.29, 1.82) is 0 Å². The molecule has 1 heterocycles. The van der Waals surface area contributed by atoms with Crippen LogP contribution in [0, 0.1) is 0 Å². The van der Waals surface area contributed by atoms with Gasteiger partial charge in [0.25, 0.3) is 0 Å². The predicted molar refractivity (Wildman–Crippen MR) is 104 cm³/mol. The third-order valence-electron chi connectivity index (χ3n) is 4.04. The Morgan fingerprint density at radius 2 is 1.61 bits per heavy atom. The number of hydrogen-bond donors (Lipinski definition) is 0. The standard InChI is InChI=1S/C21H21NO6/c1-5-27-19-11-13(6-8-17(19)25-3)10-15-21(23)28-20(22-15)14-7-9-16(24-2)18(12-14)26-4/h6-12H,5H2,1-4H3/b15-10-. The highest BCUT2D eigenvalue weighted by Gasteiger charge is 2.25. The molecule has 0 saturated heterocycles. The van der Waals surface area contributed by atoms with Gasteiger partial charge in [0, 0.05) is 5.56 Å². The highest BCUT2D eigenvalue weighted by atomic mass is 16.6. The number of aliphatic imine (C=N–C) groups is 1. The first kappa shape index (κ1) is 19.3. The monoisotopic (exact) mass is 383 g/mol. The van der Waals surface area contributed by atoms with E-state index >= 15 is 0 Å². The van der Waals surface area contributed by atoms with E-state index in [4.69, 9.17) is 23.7 Å². The topological polar surface area (TPSA) is 75.6 Å². The van der Waals surface area contributed by atoms with E-state index in [9.17, 15) is 4.79 Å². The van der Waals surface area contributed by atoms with Crippen molar-refractivity contribution in [2.75, 3.05) is 27.9 Å². The zero-order valence-electron chi connectivity index (χ0n) is 16.1. The van der Waals surface area contributed by atoms with Crippen LogP contribution in [0.15, 0.2) is 47.1 Å². The minimum absolute atomic E-state index is 0.192. The van der Waals surface area contributed by atoms with Crippen molar-refractivity contribution in [3.05, 3.63) is 53.2 Å². The number of cyclic esters (lactones) is 1. The van der Waals surface area contributed by atoms with E-state index in [2.05, 4.69) is 4.99 Å². The van der Waals surface area contributed by atoms with Gasteiger partial charge in [-0.2, -0.15) is 0 Å². The second-order valence-corrected chi connectivity index (χ2v) is 5.75. The molecule has 0 radical (unpaired) electrons. The van der Waals surface area contributed by atoms with Gasteiger partial charge in [-0.15, -0.1) is 0 Å². The number of benzene rings is 2. The number of ether oxygens (including phenoxy) is 5. The molecule has 0 spiro atoms. The average Bonchev–Trinajstić information content (AvgIpc) is 3.08. The first-order valence-corrected chi connectivity index (χ1v) is 8.65. The summed E-state index contributed by atoms with van der Waals surface area (Å²) < 4.78 is 26.7. The zero-order valence-corrected chi connectivity index (χ0v) is 16.1. The molecule has 0 amide bonds. The van der Waals surface area contributed by atoms with Gasteiger partial charge in [-0.1, -0.05) is 6.07 Å². The molecule has 0 aromatic heterocycles. The largest absolute Gasteiger partial charge is 0.493 e. The predicted octanol–water partition coefficient (Wildman–Crippen LogP) is 3.46. The fourth-order valence-electron chi connectivity index (χ4n) is 2.71. The molecule has 0 aliphatic carbocycles. The molecule has 0 bridgehead atoms. The van der Waals surface area contributed by atoms with Crippen LogP contribution in [0.5, 0.6) is 23.0 Å². The van der Waals surface area contributed by atoms with E-state index in [1.165, 1.54) is 7.11 Å². The molecule has 7 heteroatoms. The van der Waals surface area contributed by atoms with Crippen molar-refractivity contribution in [3.63, 3.8) is 0 Å². The maximum atomic E-state index is 12.3. The van der Waals surface area contributed by atoms with Crippen LogP contribution in [0.1, 0.15) is 18.1 Å². The van der Waals surface area contributed by atoms with Gasteiger partial charge in [-0.3, -0.25) is 0 Å². The molecule has 2 aromatic carbocycles. The van der Waals surface area contributed by atoms with Crippen LogP contribution in [0.3, 0.4) is 0 Å². The molecule has 2 aromatic rings. The highest BCUT2D eigenvalue weighted by molar-refractivity contribution is 6.13. The van der Waals surface area contributed by atoms with Gasteiger partial charge in [-0.25, -0.2) is 9.79 Å². The molecule has 7 nitrogen and oxygen atoms in total. The van der Waals surface area contributed by atoms with Gasteiger partial charge < -0.3 is 23.7 Å². The maximum absolute atomic E-state index is 12.3. The van der Waals surface area contributed by atoms with Crippen LogP contribution in [-0.4, -0.2) is 39.8 Å². The van der Waals surface area contributed by atoms with Crippen molar-refractivity contribution in [3.8, 4) is 23.0 Å². The van der Waals surface area contributed by atoms with Gasteiger partial charge in [-0.05, 0) is 48.9 Å². The van der Waals surface area contributed by atoms with Crippen molar-refractivity contribution < 1.29 is 28.5 Å². The number of carbonyl (C=O) groups excluding carboxylic acids is 1. The summed E-state index contributed by atoms with van der Waals surface area (Å²) in [7, 11) is 4.66. The van der Waals surface area contributed by atoms with Crippen LogP contribution >= 0.6 is 0 Å². The number of carbonyl (C=O) groups is 1. The lowest BCUT2D eigenvalue weighted by Gasteiger charge is -2.09. The lowest BCUT2D eigenvalue weighted by Crippen LogP contribution is -2.06. The van der Waals surface area contributed by atoms with E-state index in [1.807, 2.05) is 13.0 Å². The number of esters is 1. The van der Waals surface area contributed by atoms with Crippen molar-refractivity contribution in [2.24, 2.45) is 4.99 Å². The van der Waals surface area contributed by atoms with E-state index in [0.29, 0.717) is 35.2 Å². The molecule has 28 heavy (non-hydrogen) atoms. The van der Waals surface area contributed by atoms with Crippen molar-refractivity contribution in [2.45, 2.75) is 6.92 Å². The van der Waals surface area contributed by atoms with Gasteiger partial charge in [0.2, 0.25) is 5.90 Å². The van der Waals surface area contributed by atoms with Gasteiger partial charge in [0.1, 0.15) is 0 Å². The van der Waals surface area contributed by atoms with E-state index in [1.54, 1.807) is 50.6 Å². The third-order valence-corrected chi connectivity index (χ3v) is 4.04. The number of hydrogen-bond acceptors (Lipinski definition) is 7. The molecule has 1 aliphatic heterocycles. The zero-order chi connectivity index (χ0) is 20.1. The summed E-state index contributed by atoms with van der Waals surface area (Å²) in [6, 6.07) is 10.5. The van der Waals surface area contributed by atoms with E-state index in [0.717, 1.165) is 5.56 Å². The third kappa shape index (κ3) is 3.93. The summed E-state index contributed by atoms with van der Waals surface area (Å²) in [5, 5.41) is 0.